The van der Waals surface area contributed by atoms with Crippen LogP contribution in [-0.2, 0) is 10.8 Å². The van der Waals surface area contributed by atoms with Gasteiger partial charge in [-0.2, -0.15) is 0 Å². The van der Waals surface area contributed by atoms with Gasteiger partial charge in [0.15, 0.2) is 0 Å². The number of para-hydroxylation sites is 1. The molecular formula is C54H41NO. The summed E-state index contributed by atoms with van der Waals surface area (Å²) in [6, 6.07) is 64.7. The predicted octanol–water partition coefficient (Wildman–Crippen LogP) is 15.0. The van der Waals surface area contributed by atoms with E-state index in [0.29, 0.717) is 0 Å². The number of anilines is 3. The third-order valence-electron chi connectivity index (χ3n) is 12.7. The molecule has 1 heterocycles. The second-order valence-corrected chi connectivity index (χ2v) is 16.5. The Labute approximate surface area is 328 Å². The second-order valence-electron chi connectivity index (χ2n) is 16.5. The molecule has 11 rings (SSSR count). The van der Waals surface area contributed by atoms with E-state index in [0.717, 1.165) is 39.0 Å². The number of rotatable bonds is 5. The fourth-order valence-corrected chi connectivity index (χ4v) is 9.86. The van der Waals surface area contributed by atoms with Crippen LogP contribution >= 0.6 is 0 Å². The van der Waals surface area contributed by atoms with Gasteiger partial charge >= 0.3 is 0 Å². The summed E-state index contributed by atoms with van der Waals surface area (Å²) in [5, 5.41) is 2.25. The number of fused-ring (bicyclic) bond motifs is 9. The summed E-state index contributed by atoms with van der Waals surface area (Å²) in [5.74, 6) is 0. The molecule has 0 saturated heterocycles. The summed E-state index contributed by atoms with van der Waals surface area (Å²) in [6.07, 6.45) is 0. The van der Waals surface area contributed by atoms with E-state index in [-0.39, 0.29) is 10.8 Å². The zero-order valence-corrected chi connectivity index (χ0v) is 32.1. The Hall–Kier alpha value is -6.64. The molecule has 2 nitrogen and oxygen atoms in total. The number of nitrogens with zero attached hydrogens (tertiary/aromatic N) is 1. The molecule has 0 fully saturated rings. The first-order valence-corrected chi connectivity index (χ1v) is 19.7. The maximum atomic E-state index is 6.55. The van der Waals surface area contributed by atoms with Crippen LogP contribution in [0.25, 0.3) is 66.4 Å². The zero-order chi connectivity index (χ0) is 37.8. The summed E-state index contributed by atoms with van der Waals surface area (Å²) >= 11 is 0. The molecular weight excluding hydrogens is 679 g/mol. The van der Waals surface area contributed by atoms with Crippen molar-refractivity contribution in [3.05, 3.63) is 198 Å². The minimum atomic E-state index is -0.147. The number of furan rings is 1. The molecule has 0 amide bonds. The van der Waals surface area contributed by atoms with Crippen molar-refractivity contribution in [1.82, 2.24) is 0 Å². The van der Waals surface area contributed by atoms with Gasteiger partial charge in [0, 0.05) is 44.6 Å². The summed E-state index contributed by atoms with van der Waals surface area (Å²) in [7, 11) is 0. The lowest BCUT2D eigenvalue weighted by molar-refractivity contribution is 0.660. The molecule has 8 aromatic carbocycles. The molecule has 0 atom stereocenters. The molecule has 0 bridgehead atoms. The lowest BCUT2D eigenvalue weighted by atomic mass is 9.81. The molecule has 0 spiro atoms. The van der Waals surface area contributed by atoms with Gasteiger partial charge in [0.1, 0.15) is 11.2 Å². The standard InChI is InChI=1S/C54H41NO/c1-53(2)45-21-11-8-17-39(45)41-28-25-35(31-47(41)53)52-38(34-15-6-5-7-16-34)20-14-23-49(52)55(37-27-30-44-43-19-10-13-24-50(43)56-51(44)33-37)36-26-29-42-40-18-9-12-22-46(40)54(3,4)48(42)32-36/h5-33H,1-4H3. The average molecular weight is 720 g/mol. The highest BCUT2D eigenvalue weighted by molar-refractivity contribution is 6.07. The monoisotopic (exact) mass is 719 g/mol. The molecule has 0 unspecified atom stereocenters. The fraction of sp³-hybridized carbons (Fsp3) is 0.111. The van der Waals surface area contributed by atoms with E-state index in [2.05, 4.69) is 202 Å². The van der Waals surface area contributed by atoms with Crippen LogP contribution in [-0.4, -0.2) is 0 Å². The smallest absolute Gasteiger partial charge is 0.137 e. The SMILES string of the molecule is CC1(C)c2ccccc2-c2ccc(-c3c(-c4ccccc4)cccc3N(c3ccc4c(c3)C(C)(C)c3ccccc3-4)c3ccc4c(c3)oc3ccccc34)cc21. The number of hydrogen-bond acceptors (Lipinski definition) is 2. The van der Waals surface area contributed by atoms with E-state index in [4.69, 9.17) is 4.42 Å². The largest absolute Gasteiger partial charge is 0.456 e. The minimum absolute atomic E-state index is 0.129. The second kappa shape index (κ2) is 11.9. The highest BCUT2D eigenvalue weighted by Crippen LogP contribution is 2.54. The summed E-state index contributed by atoms with van der Waals surface area (Å²) in [6.45, 7) is 9.45. The Morgan fingerprint density at radius 2 is 0.929 bits per heavy atom. The van der Waals surface area contributed by atoms with Crippen LogP contribution in [0.5, 0.6) is 0 Å². The molecule has 0 radical (unpaired) electrons. The third-order valence-corrected chi connectivity index (χ3v) is 12.7. The quantitative estimate of drug-likeness (QED) is 0.176. The maximum absolute atomic E-state index is 6.55. The molecule has 1 aromatic heterocycles. The lowest BCUT2D eigenvalue weighted by Gasteiger charge is -2.31. The molecule has 9 aromatic rings. The van der Waals surface area contributed by atoms with Crippen LogP contribution in [0.2, 0.25) is 0 Å². The van der Waals surface area contributed by atoms with Crippen LogP contribution in [0.15, 0.2) is 180 Å². The van der Waals surface area contributed by atoms with E-state index >= 15 is 0 Å². The van der Waals surface area contributed by atoms with Gasteiger partial charge in [0.05, 0.1) is 5.69 Å². The van der Waals surface area contributed by atoms with Crippen LogP contribution in [0.4, 0.5) is 17.1 Å². The Morgan fingerprint density at radius 3 is 1.68 bits per heavy atom. The van der Waals surface area contributed by atoms with Gasteiger partial charge in [0.2, 0.25) is 0 Å². The Kier molecular flexibility index (Phi) is 6.98. The van der Waals surface area contributed by atoms with E-state index < -0.39 is 0 Å². The molecule has 0 N–H and O–H groups in total. The van der Waals surface area contributed by atoms with Crippen molar-refractivity contribution in [2.75, 3.05) is 4.90 Å². The van der Waals surface area contributed by atoms with Crippen molar-refractivity contribution in [3.63, 3.8) is 0 Å². The van der Waals surface area contributed by atoms with E-state index in [1.54, 1.807) is 0 Å². The van der Waals surface area contributed by atoms with Crippen molar-refractivity contribution in [2.24, 2.45) is 0 Å². The fourth-order valence-electron chi connectivity index (χ4n) is 9.86. The molecule has 268 valence electrons. The van der Waals surface area contributed by atoms with Gasteiger partial charge in [0.25, 0.3) is 0 Å². The molecule has 2 heteroatoms. The predicted molar refractivity (Wildman–Crippen MR) is 234 cm³/mol. The van der Waals surface area contributed by atoms with Crippen molar-refractivity contribution in [2.45, 2.75) is 38.5 Å². The topological polar surface area (TPSA) is 16.4 Å². The van der Waals surface area contributed by atoms with Crippen molar-refractivity contribution in [1.29, 1.82) is 0 Å². The summed E-state index contributed by atoms with van der Waals surface area (Å²) in [5.41, 5.74) is 20.3. The van der Waals surface area contributed by atoms with E-state index in [9.17, 15) is 0 Å². The van der Waals surface area contributed by atoms with Gasteiger partial charge in [-0.15, -0.1) is 0 Å². The highest BCUT2D eigenvalue weighted by atomic mass is 16.3. The van der Waals surface area contributed by atoms with Gasteiger partial charge in [-0.05, 0) is 104 Å². The minimum Gasteiger partial charge on any atom is -0.456 e. The third kappa shape index (κ3) is 4.69. The average Bonchev–Trinajstić information content (AvgIpc) is 3.80. The van der Waals surface area contributed by atoms with Crippen LogP contribution in [0.1, 0.15) is 49.9 Å². The lowest BCUT2D eigenvalue weighted by Crippen LogP contribution is -2.17. The van der Waals surface area contributed by atoms with Crippen molar-refractivity contribution < 1.29 is 4.42 Å². The zero-order valence-electron chi connectivity index (χ0n) is 32.1. The maximum Gasteiger partial charge on any atom is 0.137 e. The molecule has 0 aliphatic heterocycles. The first kappa shape index (κ1) is 32.8. The first-order valence-electron chi connectivity index (χ1n) is 19.7. The Morgan fingerprint density at radius 1 is 0.375 bits per heavy atom. The van der Waals surface area contributed by atoms with Crippen molar-refractivity contribution in [3.8, 4) is 44.5 Å². The van der Waals surface area contributed by atoms with Crippen molar-refractivity contribution >= 4 is 39.0 Å². The van der Waals surface area contributed by atoms with Gasteiger partial charge in [-0.3, -0.25) is 0 Å². The summed E-state index contributed by atoms with van der Waals surface area (Å²) in [4.78, 5) is 2.46. The van der Waals surface area contributed by atoms with E-state index in [1.807, 2.05) is 6.07 Å². The van der Waals surface area contributed by atoms with Crippen LogP contribution in [0, 0.1) is 0 Å². The molecule has 2 aliphatic rings. The van der Waals surface area contributed by atoms with Gasteiger partial charge < -0.3 is 9.32 Å². The number of benzene rings is 8. The van der Waals surface area contributed by atoms with Gasteiger partial charge in [-0.1, -0.05) is 155 Å². The van der Waals surface area contributed by atoms with Gasteiger partial charge in [-0.25, -0.2) is 0 Å². The molecule has 2 aliphatic carbocycles. The van der Waals surface area contributed by atoms with Crippen LogP contribution in [0.3, 0.4) is 0 Å². The van der Waals surface area contributed by atoms with E-state index in [1.165, 1.54) is 66.8 Å². The Bertz CT molecular complexity index is 3030. The molecule has 0 saturated carbocycles. The molecule has 56 heavy (non-hydrogen) atoms. The van der Waals surface area contributed by atoms with Crippen LogP contribution < -0.4 is 4.90 Å². The Balaban J connectivity index is 1.19. The first-order chi connectivity index (χ1) is 27.3. The number of hydrogen-bond donors (Lipinski definition) is 0. The normalized spacial score (nSPS) is 14.4. The summed E-state index contributed by atoms with van der Waals surface area (Å²) < 4.78 is 6.55. The highest BCUT2D eigenvalue weighted by Gasteiger charge is 2.37.